The molecule has 2 heterocycles. The largest absolute Gasteiger partial charge is 0.466 e. The standard InChI is InChI=1S/C14H23N3O2/c1-4-19-14(18)9-13(17-7-5-6-8-17)12-10-15-16(3)11(12)2/h10,13H,4-9H2,1-3H3. The van der Waals surface area contributed by atoms with E-state index in [2.05, 4.69) is 16.9 Å². The molecule has 106 valence electrons. The van der Waals surface area contributed by atoms with Gasteiger partial charge >= 0.3 is 5.97 Å². The zero-order chi connectivity index (χ0) is 13.8. The van der Waals surface area contributed by atoms with E-state index in [9.17, 15) is 4.79 Å². The Balaban J connectivity index is 2.18. The maximum atomic E-state index is 11.8. The van der Waals surface area contributed by atoms with Crippen LogP contribution in [-0.4, -0.2) is 40.3 Å². The third-order valence-corrected chi connectivity index (χ3v) is 3.88. The summed E-state index contributed by atoms with van der Waals surface area (Å²) in [5.74, 6) is -0.123. The minimum atomic E-state index is -0.123. The van der Waals surface area contributed by atoms with E-state index in [1.54, 1.807) is 0 Å². The Bertz CT molecular complexity index is 436. The highest BCUT2D eigenvalue weighted by atomic mass is 16.5. The number of carbonyl (C=O) groups is 1. The molecular weight excluding hydrogens is 242 g/mol. The number of rotatable bonds is 5. The molecule has 1 saturated heterocycles. The number of esters is 1. The van der Waals surface area contributed by atoms with Crippen molar-refractivity contribution >= 4 is 5.97 Å². The van der Waals surface area contributed by atoms with E-state index in [1.165, 1.54) is 12.8 Å². The lowest BCUT2D eigenvalue weighted by Crippen LogP contribution is -2.28. The Labute approximate surface area is 114 Å². The molecule has 1 aliphatic heterocycles. The molecule has 2 rings (SSSR count). The van der Waals surface area contributed by atoms with E-state index < -0.39 is 0 Å². The lowest BCUT2D eigenvalue weighted by atomic mass is 10.0. The molecule has 1 unspecified atom stereocenters. The van der Waals surface area contributed by atoms with Crippen molar-refractivity contribution in [2.45, 2.75) is 39.2 Å². The van der Waals surface area contributed by atoms with E-state index in [0.29, 0.717) is 13.0 Å². The first-order valence-corrected chi connectivity index (χ1v) is 7.01. The van der Waals surface area contributed by atoms with Gasteiger partial charge in [0.25, 0.3) is 0 Å². The van der Waals surface area contributed by atoms with E-state index in [-0.39, 0.29) is 12.0 Å². The second kappa shape index (κ2) is 6.19. The Morgan fingerprint density at radius 1 is 1.47 bits per heavy atom. The third-order valence-electron chi connectivity index (χ3n) is 3.88. The summed E-state index contributed by atoms with van der Waals surface area (Å²) >= 11 is 0. The van der Waals surface area contributed by atoms with Crippen LogP contribution in [0.3, 0.4) is 0 Å². The molecule has 1 aromatic rings. The van der Waals surface area contributed by atoms with Crippen LogP contribution in [-0.2, 0) is 16.6 Å². The van der Waals surface area contributed by atoms with Crippen molar-refractivity contribution in [1.82, 2.24) is 14.7 Å². The molecule has 0 bridgehead atoms. The summed E-state index contributed by atoms with van der Waals surface area (Å²) in [6.45, 7) is 6.45. The molecular formula is C14H23N3O2. The second-order valence-electron chi connectivity index (χ2n) is 5.08. The average Bonchev–Trinajstić information content (AvgIpc) is 3.00. The van der Waals surface area contributed by atoms with Crippen molar-refractivity contribution < 1.29 is 9.53 Å². The number of carbonyl (C=O) groups excluding carboxylic acids is 1. The summed E-state index contributed by atoms with van der Waals surface area (Å²) in [5.41, 5.74) is 2.28. The van der Waals surface area contributed by atoms with Crippen LogP contribution >= 0.6 is 0 Å². The minimum Gasteiger partial charge on any atom is -0.466 e. The van der Waals surface area contributed by atoms with Crippen LogP contribution in [0.1, 0.15) is 43.5 Å². The van der Waals surface area contributed by atoms with Gasteiger partial charge in [0.15, 0.2) is 0 Å². The topological polar surface area (TPSA) is 47.4 Å². The van der Waals surface area contributed by atoms with Crippen molar-refractivity contribution in [3.8, 4) is 0 Å². The van der Waals surface area contributed by atoms with Crippen LogP contribution in [0.15, 0.2) is 6.20 Å². The molecule has 0 aliphatic carbocycles. The van der Waals surface area contributed by atoms with Gasteiger partial charge < -0.3 is 4.74 Å². The number of hydrogen-bond acceptors (Lipinski definition) is 4. The first kappa shape index (κ1) is 14.1. The van der Waals surface area contributed by atoms with E-state index in [4.69, 9.17) is 4.74 Å². The summed E-state index contributed by atoms with van der Waals surface area (Å²) in [6, 6.07) is 0.107. The van der Waals surface area contributed by atoms with Gasteiger partial charge in [-0.05, 0) is 39.8 Å². The summed E-state index contributed by atoms with van der Waals surface area (Å²) < 4.78 is 6.97. The zero-order valence-electron chi connectivity index (χ0n) is 12.1. The van der Waals surface area contributed by atoms with Crippen LogP contribution in [0, 0.1) is 6.92 Å². The SMILES string of the molecule is CCOC(=O)CC(c1cnn(C)c1C)N1CCCC1. The van der Waals surface area contributed by atoms with Gasteiger partial charge in [0.2, 0.25) is 0 Å². The van der Waals surface area contributed by atoms with Crippen LogP contribution in [0.4, 0.5) is 0 Å². The number of hydrogen-bond donors (Lipinski definition) is 0. The lowest BCUT2D eigenvalue weighted by Gasteiger charge is -2.26. The molecule has 5 heteroatoms. The fraction of sp³-hybridized carbons (Fsp3) is 0.714. The number of nitrogens with zero attached hydrogens (tertiary/aromatic N) is 3. The van der Waals surface area contributed by atoms with Gasteiger partial charge in [0, 0.05) is 24.3 Å². The number of aryl methyl sites for hydroxylation is 1. The summed E-state index contributed by atoms with van der Waals surface area (Å²) in [7, 11) is 1.93. The predicted molar refractivity (Wildman–Crippen MR) is 72.7 cm³/mol. The van der Waals surface area contributed by atoms with Crippen molar-refractivity contribution in [3.63, 3.8) is 0 Å². The maximum Gasteiger partial charge on any atom is 0.307 e. The first-order valence-electron chi connectivity index (χ1n) is 7.01. The van der Waals surface area contributed by atoms with Crippen molar-refractivity contribution in [2.75, 3.05) is 19.7 Å². The zero-order valence-corrected chi connectivity index (χ0v) is 12.1. The molecule has 19 heavy (non-hydrogen) atoms. The Kier molecular flexibility index (Phi) is 4.58. The van der Waals surface area contributed by atoms with Gasteiger partial charge in [-0.15, -0.1) is 0 Å². The summed E-state index contributed by atoms with van der Waals surface area (Å²) in [5, 5.41) is 4.30. The molecule has 1 fully saturated rings. The van der Waals surface area contributed by atoms with Gasteiger partial charge in [-0.25, -0.2) is 0 Å². The minimum absolute atomic E-state index is 0.107. The number of aromatic nitrogens is 2. The lowest BCUT2D eigenvalue weighted by molar-refractivity contribution is -0.144. The molecule has 0 spiro atoms. The molecule has 5 nitrogen and oxygen atoms in total. The van der Waals surface area contributed by atoms with Gasteiger partial charge in [-0.1, -0.05) is 0 Å². The molecule has 0 saturated carbocycles. The molecule has 0 N–H and O–H groups in total. The fourth-order valence-electron chi connectivity index (χ4n) is 2.71. The normalized spacial score (nSPS) is 17.6. The third kappa shape index (κ3) is 3.15. The molecule has 0 aromatic carbocycles. The van der Waals surface area contributed by atoms with Crippen molar-refractivity contribution in [3.05, 3.63) is 17.5 Å². The molecule has 1 aromatic heterocycles. The Morgan fingerprint density at radius 2 is 2.16 bits per heavy atom. The molecule has 1 atom stereocenters. The van der Waals surface area contributed by atoms with Gasteiger partial charge in [0.05, 0.1) is 19.2 Å². The van der Waals surface area contributed by atoms with Crippen LogP contribution in [0.2, 0.25) is 0 Å². The fourth-order valence-corrected chi connectivity index (χ4v) is 2.71. The quantitative estimate of drug-likeness (QED) is 0.762. The first-order chi connectivity index (χ1) is 9.13. The van der Waals surface area contributed by atoms with E-state index in [0.717, 1.165) is 24.3 Å². The number of ether oxygens (including phenoxy) is 1. The maximum absolute atomic E-state index is 11.8. The summed E-state index contributed by atoms with van der Waals surface area (Å²) in [4.78, 5) is 14.2. The highest BCUT2D eigenvalue weighted by molar-refractivity contribution is 5.70. The molecule has 1 aliphatic rings. The predicted octanol–water partition coefficient (Wildman–Crippen LogP) is 1.82. The Morgan fingerprint density at radius 3 is 2.68 bits per heavy atom. The smallest absolute Gasteiger partial charge is 0.307 e. The van der Waals surface area contributed by atoms with Gasteiger partial charge in [-0.3, -0.25) is 14.4 Å². The van der Waals surface area contributed by atoms with Crippen LogP contribution < -0.4 is 0 Å². The van der Waals surface area contributed by atoms with Crippen LogP contribution in [0.25, 0.3) is 0 Å². The molecule has 0 radical (unpaired) electrons. The monoisotopic (exact) mass is 265 g/mol. The Hall–Kier alpha value is -1.36. The van der Waals surface area contributed by atoms with Crippen LogP contribution in [0.5, 0.6) is 0 Å². The number of likely N-dealkylation sites (tertiary alicyclic amines) is 1. The van der Waals surface area contributed by atoms with Gasteiger partial charge in [0.1, 0.15) is 0 Å². The summed E-state index contributed by atoms with van der Waals surface area (Å²) in [6.07, 6.45) is 4.72. The second-order valence-corrected chi connectivity index (χ2v) is 5.08. The highest BCUT2D eigenvalue weighted by Gasteiger charge is 2.28. The van der Waals surface area contributed by atoms with Crippen molar-refractivity contribution in [2.24, 2.45) is 7.05 Å². The van der Waals surface area contributed by atoms with E-state index >= 15 is 0 Å². The molecule has 0 amide bonds. The highest BCUT2D eigenvalue weighted by Crippen LogP contribution is 2.30. The van der Waals surface area contributed by atoms with Crippen molar-refractivity contribution in [1.29, 1.82) is 0 Å². The average molecular weight is 265 g/mol. The van der Waals surface area contributed by atoms with Gasteiger partial charge in [-0.2, -0.15) is 5.10 Å². The van der Waals surface area contributed by atoms with E-state index in [1.807, 2.05) is 24.9 Å².